The Balaban J connectivity index is 1.87. The molecule has 0 radical (unpaired) electrons. The number of esters is 1. The fourth-order valence-corrected chi connectivity index (χ4v) is 2.69. The van der Waals surface area contributed by atoms with Gasteiger partial charge in [0.2, 0.25) is 0 Å². The van der Waals surface area contributed by atoms with Gasteiger partial charge in [-0.2, -0.15) is 0 Å². The predicted molar refractivity (Wildman–Crippen MR) is 109 cm³/mol. The number of hydrogen-bond acceptors (Lipinski definition) is 5. The molecule has 2 rings (SSSR count). The van der Waals surface area contributed by atoms with Gasteiger partial charge < -0.3 is 15.4 Å². The molecule has 28 heavy (non-hydrogen) atoms. The summed E-state index contributed by atoms with van der Waals surface area (Å²) in [6, 6.07) is 8.75. The monoisotopic (exact) mass is 386 g/mol. The first-order valence-electron chi connectivity index (χ1n) is 9.37. The van der Waals surface area contributed by atoms with Crippen LogP contribution in [0.3, 0.4) is 0 Å². The van der Waals surface area contributed by atoms with Gasteiger partial charge >= 0.3 is 5.97 Å². The van der Waals surface area contributed by atoms with Gasteiger partial charge in [0.1, 0.15) is 12.2 Å². The van der Waals surface area contributed by atoms with Gasteiger partial charge in [0.05, 0.1) is 19.9 Å². The molecule has 1 aromatic heterocycles. The highest BCUT2D eigenvalue weighted by Gasteiger charge is 2.21. The maximum atomic E-state index is 11.3. The van der Waals surface area contributed by atoms with Crippen molar-refractivity contribution in [2.75, 3.05) is 20.7 Å². The number of carbonyl (C=O) groups is 1. The van der Waals surface area contributed by atoms with Crippen molar-refractivity contribution < 1.29 is 9.53 Å². The second-order valence-corrected chi connectivity index (χ2v) is 7.20. The Morgan fingerprint density at radius 1 is 1.25 bits per heavy atom. The minimum atomic E-state index is -0.365. The quantitative estimate of drug-likeness (QED) is 0.407. The summed E-state index contributed by atoms with van der Waals surface area (Å²) in [5.74, 6) is 0.317. The van der Waals surface area contributed by atoms with Gasteiger partial charge in [0.15, 0.2) is 5.96 Å². The molecule has 8 heteroatoms. The van der Waals surface area contributed by atoms with Crippen LogP contribution in [0.4, 0.5) is 0 Å². The maximum Gasteiger partial charge on any atom is 0.327 e. The van der Waals surface area contributed by atoms with E-state index >= 15 is 0 Å². The molecule has 0 aliphatic carbocycles. The molecule has 2 aromatic rings. The summed E-state index contributed by atoms with van der Waals surface area (Å²) in [4.78, 5) is 15.5. The number of hydrogen-bond donors (Lipinski definition) is 2. The van der Waals surface area contributed by atoms with Crippen LogP contribution in [0.5, 0.6) is 0 Å². The topological polar surface area (TPSA) is 93.4 Å². The third-order valence-corrected chi connectivity index (χ3v) is 4.61. The summed E-state index contributed by atoms with van der Waals surface area (Å²) >= 11 is 0. The number of carbonyl (C=O) groups excluding carboxylic acids is 1. The Bertz CT molecular complexity index is 795. The van der Waals surface area contributed by atoms with Crippen LogP contribution in [-0.2, 0) is 34.5 Å². The van der Waals surface area contributed by atoms with E-state index in [1.54, 1.807) is 13.2 Å². The van der Waals surface area contributed by atoms with Crippen molar-refractivity contribution in [2.24, 2.45) is 4.99 Å². The first-order chi connectivity index (χ1) is 13.4. The Morgan fingerprint density at radius 2 is 1.96 bits per heavy atom. The highest BCUT2D eigenvalue weighted by atomic mass is 16.5. The summed E-state index contributed by atoms with van der Waals surface area (Å²) in [7, 11) is 3.07. The smallest absolute Gasteiger partial charge is 0.327 e. The summed E-state index contributed by atoms with van der Waals surface area (Å²) in [6.07, 6.45) is 2.75. The van der Waals surface area contributed by atoms with Crippen LogP contribution in [0.25, 0.3) is 0 Å². The molecule has 0 saturated carbocycles. The molecule has 152 valence electrons. The fourth-order valence-electron chi connectivity index (χ4n) is 2.69. The van der Waals surface area contributed by atoms with E-state index in [0.717, 1.165) is 13.0 Å². The lowest BCUT2D eigenvalue weighted by Gasteiger charge is -2.27. The normalized spacial score (nSPS) is 12.0. The summed E-state index contributed by atoms with van der Waals surface area (Å²) in [6.45, 7) is 7.78. The van der Waals surface area contributed by atoms with Crippen LogP contribution in [0, 0.1) is 0 Å². The molecule has 0 unspecified atom stereocenters. The van der Waals surface area contributed by atoms with Crippen LogP contribution in [0.15, 0.2) is 35.5 Å². The van der Waals surface area contributed by atoms with E-state index in [1.165, 1.54) is 22.9 Å². The van der Waals surface area contributed by atoms with Crippen molar-refractivity contribution in [3.63, 3.8) is 0 Å². The number of methoxy groups -OCH3 is 1. The molecule has 0 spiro atoms. The summed E-state index contributed by atoms with van der Waals surface area (Å²) in [5.41, 5.74) is 3.28. The van der Waals surface area contributed by atoms with Crippen molar-refractivity contribution in [3.8, 4) is 0 Å². The third-order valence-electron chi connectivity index (χ3n) is 4.61. The van der Waals surface area contributed by atoms with Crippen molar-refractivity contribution in [3.05, 3.63) is 47.3 Å². The van der Waals surface area contributed by atoms with Crippen LogP contribution < -0.4 is 10.6 Å². The molecule has 1 heterocycles. The third kappa shape index (κ3) is 6.07. The standard InChI is InChI=1S/C20H30N6O2/c1-6-15-7-9-16(10-8-15)20(2,3)14-23-19(21-4)22-11-17-12-26(25-24-17)13-18(27)28-5/h7-10,12H,6,11,13-14H2,1-5H3,(H2,21,22,23). The Morgan fingerprint density at radius 3 is 2.57 bits per heavy atom. The Labute approximate surface area is 166 Å². The van der Waals surface area contributed by atoms with Gasteiger partial charge in [0.25, 0.3) is 0 Å². The van der Waals surface area contributed by atoms with Crippen molar-refractivity contribution in [2.45, 2.75) is 45.7 Å². The molecule has 1 aromatic carbocycles. The SMILES string of the molecule is CCc1ccc(C(C)(C)CNC(=NC)NCc2cn(CC(=O)OC)nn2)cc1. The van der Waals surface area contributed by atoms with E-state index in [2.05, 4.69) is 75.7 Å². The minimum absolute atomic E-state index is 0.0431. The van der Waals surface area contributed by atoms with Gasteiger partial charge in [-0.3, -0.25) is 9.79 Å². The highest BCUT2D eigenvalue weighted by molar-refractivity contribution is 5.79. The summed E-state index contributed by atoms with van der Waals surface area (Å²) < 4.78 is 6.07. The summed E-state index contributed by atoms with van der Waals surface area (Å²) in [5, 5.41) is 14.5. The number of aromatic nitrogens is 3. The fraction of sp³-hybridized carbons (Fsp3) is 0.500. The number of aliphatic imine (C=N–C) groups is 1. The molecule has 8 nitrogen and oxygen atoms in total. The van der Waals surface area contributed by atoms with E-state index in [0.29, 0.717) is 18.2 Å². The molecule has 0 aliphatic rings. The molecule has 0 atom stereocenters. The number of guanidine groups is 1. The molecular formula is C20H30N6O2. The zero-order chi connectivity index (χ0) is 20.6. The van der Waals surface area contributed by atoms with Gasteiger partial charge in [-0.25, -0.2) is 4.68 Å². The van der Waals surface area contributed by atoms with E-state index < -0.39 is 0 Å². The lowest BCUT2D eigenvalue weighted by Crippen LogP contribution is -2.43. The largest absolute Gasteiger partial charge is 0.468 e. The van der Waals surface area contributed by atoms with Gasteiger partial charge in [0, 0.05) is 19.0 Å². The number of ether oxygens (including phenoxy) is 1. The van der Waals surface area contributed by atoms with E-state index in [4.69, 9.17) is 0 Å². The number of benzene rings is 1. The molecular weight excluding hydrogens is 356 g/mol. The van der Waals surface area contributed by atoms with Gasteiger partial charge in [-0.15, -0.1) is 5.10 Å². The van der Waals surface area contributed by atoms with Gasteiger partial charge in [-0.05, 0) is 17.5 Å². The molecule has 0 bridgehead atoms. The van der Waals surface area contributed by atoms with Crippen molar-refractivity contribution >= 4 is 11.9 Å². The molecule has 0 amide bonds. The van der Waals surface area contributed by atoms with E-state index in [-0.39, 0.29) is 17.9 Å². The molecule has 0 aliphatic heterocycles. The van der Waals surface area contributed by atoms with E-state index in [1.807, 2.05) is 0 Å². The second-order valence-electron chi connectivity index (χ2n) is 7.20. The van der Waals surface area contributed by atoms with Gasteiger partial charge in [-0.1, -0.05) is 50.3 Å². The number of rotatable bonds is 8. The zero-order valence-corrected chi connectivity index (χ0v) is 17.3. The minimum Gasteiger partial charge on any atom is -0.468 e. The second kappa shape index (κ2) is 9.87. The van der Waals surface area contributed by atoms with Crippen LogP contribution in [0.1, 0.15) is 37.6 Å². The van der Waals surface area contributed by atoms with Crippen LogP contribution in [-0.4, -0.2) is 47.6 Å². The number of nitrogens with one attached hydrogen (secondary N) is 2. The lowest BCUT2D eigenvalue weighted by atomic mass is 9.84. The highest BCUT2D eigenvalue weighted by Crippen LogP contribution is 2.22. The van der Waals surface area contributed by atoms with Crippen molar-refractivity contribution in [1.82, 2.24) is 25.6 Å². The average Bonchev–Trinajstić information content (AvgIpc) is 3.15. The predicted octanol–water partition coefficient (Wildman–Crippen LogP) is 1.66. The Hall–Kier alpha value is -2.90. The molecule has 0 saturated heterocycles. The number of nitrogens with zero attached hydrogens (tertiary/aromatic N) is 4. The van der Waals surface area contributed by atoms with Crippen LogP contribution >= 0.6 is 0 Å². The first-order valence-corrected chi connectivity index (χ1v) is 9.37. The Kier molecular flexibility index (Phi) is 7.54. The lowest BCUT2D eigenvalue weighted by molar-refractivity contribution is -0.141. The van der Waals surface area contributed by atoms with E-state index in [9.17, 15) is 4.79 Å². The number of aryl methyl sites for hydroxylation is 1. The molecule has 2 N–H and O–H groups in total. The maximum absolute atomic E-state index is 11.3. The van der Waals surface area contributed by atoms with Crippen molar-refractivity contribution in [1.29, 1.82) is 0 Å². The van der Waals surface area contributed by atoms with Crippen LogP contribution in [0.2, 0.25) is 0 Å². The first kappa shape index (κ1) is 21.4. The molecule has 0 fully saturated rings. The zero-order valence-electron chi connectivity index (χ0n) is 17.3. The average molecular weight is 387 g/mol.